The van der Waals surface area contributed by atoms with E-state index in [1.807, 2.05) is 11.4 Å². The molecule has 0 saturated carbocycles. The maximum Gasteiger partial charge on any atom is 0.134 e. The van der Waals surface area contributed by atoms with Gasteiger partial charge in [-0.2, -0.15) is 0 Å². The highest BCUT2D eigenvalue weighted by atomic mass is 32.1. The highest BCUT2D eigenvalue weighted by Gasteiger charge is 2.03. The Kier molecular flexibility index (Phi) is 4.21. The number of ether oxygens (including phenoxy) is 1. The number of hydrogen-bond acceptors (Lipinski definition) is 4. The number of aliphatic hydroxyl groups excluding tert-OH is 1. The van der Waals surface area contributed by atoms with Crippen LogP contribution in [0, 0.1) is 0 Å². The number of rotatable bonds is 5. The topological polar surface area (TPSA) is 41.5 Å². The Morgan fingerprint density at radius 1 is 1.69 bits per heavy atom. The Morgan fingerprint density at radius 3 is 3.08 bits per heavy atom. The predicted octanol–water partition coefficient (Wildman–Crippen LogP) is 1.23. The average Bonchev–Trinajstić information content (AvgIpc) is 2.51. The highest BCUT2D eigenvalue weighted by molar-refractivity contribution is 7.10. The summed E-state index contributed by atoms with van der Waals surface area (Å²) in [5.74, 6) is 0.920. The lowest BCUT2D eigenvalue weighted by molar-refractivity contribution is 0.191. The van der Waals surface area contributed by atoms with Crippen LogP contribution in [0.15, 0.2) is 11.4 Å². The lowest BCUT2D eigenvalue weighted by atomic mass is 10.4. The van der Waals surface area contributed by atoms with E-state index in [0.29, 0.717) is 6.54 Å². The minimum absolute atomic E-state index is 0.300. The smallest absolute Gasteiger partial charge is 0.134 e. The second-order valence-corrected chi connectivity index (χ2v) is 3.89. The van der Waals surface area contributed by atoms with E-state index in [4.69, 9.17) is 9.84 Å². The minimum Gasteiger partial charge on any atom is -0.496 e. The summed E-state index contributed by atoms with van der Waals surface area (Å²) in [4.78, 5) is 1.17. The molecule has 2 N–H and O–H groups in total. The molecule has 0 aliphatic heterocycles. The first kappa shape index (κ1) is 10.5. The monoisotopic (exact) mass is 201 g/mol. The largest absolute Gasteiger partial charge is 0.496 e. The van der Waals surface area contributed by atoms with Crippen molar-refractivity contribution in [2.75, 3.05) is 13.7 Å². The molecule has 1 rings (SSSR count). The quantitative estimate of drug-likeness (QED) is 0.753. The van der Waals surface area contributed by atoms with Crippen molar-refractivity contribution >= 4 is 11.3 Å². The van der Waals surface area contributed by atoms with E-state index >= 15 is 0 Å². The molecule has 13 heavy (non-hydrogen) atoms. The van der Waals surface area contributed by atoms with Crippen LogP contribution in [0.4, 0.5) is 0 Å². The van der Waals surface area contributed by atoms with Gasteiger partial charge in [-0.15, -0.1) is 11.3 Å². The van der Waals surface area contributed by atoms with E-state index < -0.39 is 0 Å². The molecule has 0 saturated heterocycles. The van der Waals surface area contributed by atoms with E-state index in [-0.39, 0.29) is 6.10 Å². The second-order valence-electron chi connectivity index (χ2n) is 2.89. The molecule has 4 heteroatoms. The molecule has 0 fully saturated rings. The van der Waals surface area contributed by atoms with Gasteiger partial charge in [-0.1, -0.05) is 0 Å². The molecule has 0 bridgehead atoms. The molecule has 1 aromatic rings. The molecule has 74 valence electrons. The number of aliphatic hydroxyl groups is 1. The molecule has 1 aromatic heterocycles. The molecule has 3 nitrogen and oxygen atoms in total. The fourth-order valence-corrected chi connectivity index (χ4v) is 1.84. The van der Waals surface area contributed by atoms with E-state index in [9.17, 15) is 0 Å². The summed E-state index contributed by atoms with van der Waals surface area (Å²) in [7, 11) is 1.67. The van der Waals surface area contributed by atoms with E-state index in [1.54, 1.807) is 25.4 Å². The van der Waals surface area contributed by atoms with Gasteiger partial charge >= 0.3 is 0 Å². The maximum absolute atomic E-state index is 9.02. The minimum atomic E-state index is -0.300. The van der Waals surface area contributed by atoms with Gasteiger partial charge in [0.05, 0.1) is 18.1 Å². The second kappa shape index (κ2) is 5.21. The van der Waals surface area contributed by atoms with Crippen LogP contribution in [0.1, 0.15) is 11.8 Å². The number of hydrogen-bond donors (Lipinski definition) is 2. The van der Waals surface area contributed by atoms with E-state index in [2.05, 4.69) is 5.32 Å². The van der Waals surface area contributed by atoms with Gasteiger partial charge in [0.25, 0.3) is 0 Å². The van der Waals surface area contributed by atoms with Gasteiger partial charge in [-0.3, -0.25) is 0 Å². The number of nitrogens with one attached hydrogen (secondary N) is 1. The van der Waals surface area contributed by atoms with Crippen molar-refractivity contribution in [3.05, 3.63) is 16.3 Å². The third-order valence-corrected chi connectivity index (χ3v) is 2.55. The van der Waals surface area contributed by atoms with Crippen molar-refractivity contribution < 1.29 is 9.84 Å². The number of thiophene rings is 1. The molecule has 1 heterocycles. The van der Waals surface area contributed by atoms with Crippen molar-refractivity contribution in [2.24, 2.45) is 0 Å². The van der Waals surface area contributed by atoms with Crippen molar-refractivity contribution in [1.82, 2.24) is 5.32 Å². The van der Waals surface area contributed by atoms with Gasteiger partial charge in [0.1, 0.15) is 5.75 Å². The zero-order valence-corrected chi connectivity index (χ0v) is 8.73. The zero-order chi connectivity index (χ0) is 9.68. The summed E-state index contributed by atoms with van der Waals surface area (Å²) < 4.78 is 5.15. The van der Waals surface area contributed by atoms with E-state index in [1.165, 1.54) is 4.88 Å². The average molecular weight is 201 g/mol. The molecule has 0 spiro atoms. The Bertz CT molecular complexity index is 248. The molecule has 0 aromatic carbocycles. The first-order valence-electron chi connectivity index (χ1n) is 4.23. The Hall–Kier alpha value is -0.580. The van der Waals surface area contributed by atoms with Crippen molar-refractivity contribution in [3.8, 4) is 5.75 Å². The molecule has 0 radical (unpaired) electrons. The summed E-state index contributed by atoms with van der Waals surface area (Å²) in [6.45, 7) is 3.13. The Balaban J connectivity index is 2.36. The zero-order valence-electron chi connectivity index (χ0n) is 7.91. The first-order chi connectivity index (χ1) is 6.24. The van der Waals surface area contributed by atoms with Crippen LogP contribution < -0.4 is 10.1 Å². The standard InChI is InChI=1S/C9H15NO2S/c1-7(11)5-10-6-9-8(12-2)3-4-13-9/h3-4,7,10-11H,5-6H2,1-2H3. The lowest BCUT2D eigenvalue weighted by Gasteiger charge is -2.06. The molecular formula is C9H15NO2S. The van der Waals surface area contributed by atoms with Crippen molar-refractivity contribution in [2.45, 2.75) is 19.6 Å². The molecular weight excluding hydrogens is 186 g/mol. The predicted molar refractivity (Wildman–Crippen MR) is 54.3 cm³/mol. The number of methoxy groups -OCH3 is 1. The molecule has 1 atom stereocenters. The Labute approximate surface area is 82.4 Å². The van der Waals surface area contributed by atoms with Crippen LogP contribution in [-0.2, 0) is 6.54 Å². The van der Waals surface area contributed by atoms with Gasteiger partial charge in [0.2, 0.25) is 0 Å². The van der Waals surface area contributed by atoms with Crippen LogP contribution in [0.2, 0.25) is 0 Å². The van der Waals surface area contributed by atoms with Crippen molar-refractivity contribution in [3.63, 3.8) is 0 Å². The third kappa shape index (κ3) is 3.34. The highest BCUT2D eigenvalue weighted by Crippen LogP contribution is 2.23. The summed E-state index contributed by atoms with van der Waals surface area (Å²) in [5.41, 5.74) is 0. The van der Waals surface area contributed by atoms with Gasteiger partial charge in [-0.05, 0) is 18.4 Å². The lowest BCUT2D eigenvalue weighted by Crippen LogP contribution is -2.23. The van der Waals surface area contributed by atoms with Crippen LogP contribution in [-0.4, -0.2) is 24.9 Å². The first-order valence-corrected chi connectivity index (χ1v) is 5.11. The van der Waals surface area contributed by atoms with Crippen LogP contribution >= 0.6 is 11.3 Å². The van der Waals surface area contributed by atoms with Gasteiger partial charge in [0.15, 0.2) is 0 Å². The normalized spacial score (nSPS) is 12.8. The van der Waals surface area contributed by atoms with Gasteiger partial charge in [0, 0.05) is 13.1 Å². The summed E-state index contributed by atoms with van der Waals surface area (Å²) in [5, 5.41) is 14.2. The van der Waals surface area contributed by atoms with Crippen LogP contribution in [0.5, 0.6) is 5.75 Å². The van der Waals surface area contributed by atoms with E-state index in [0.717, 1.165) is 12.3 Å². The summed E-state index contributed by atoms with van der Waals surface area (Å²) in [6.07, 6.45) is -0.300. The summed E-state index contributed by atoms with van der Waals surface area (Å²) in [6, 6.07) is 1.95. The molecule has 0 aliphatic carbocycles. The van der Waals surface area contributed by atoms with Crippen LogP contribution in [0.25, 0.3) is 0 Å². The molecule has 0 amide bonds. The summed E-state index contributed by atoms with van der Waals surface area (Å²) >= 11 is 1.66. The Morgan fingerprint density at radius 2 is 2.46 bits per heavy atom. The maximum atomic E-state index is 9.02. The molecule has 0 aliphatic rings. The SMILES string of the molecule is COc1ccsc1CNCC(C)O. The van der Waals surface area contributed by atoms with Crippen molar-refractivity contribution in [1.29, 1.82) is 0 Å². The molecule has 1 unspecified atom stereocenters. The van der Waals surface area contributed by atoms with Gasteiger partial charge < -0.3 is 15.2 Å². The van der Waals surface area contributed by atoms with Gasteiger partial charge in [-0.25, -0.2) is 0 Å². The fraction of sp³-hybridized carbons (Fsp3) is 0.556. The van der Waals surface area contributed by atoms with Crippen LogP contribution in [0.3, 0.4) is 0 Å². The third-order valence-electron chi connectivity index (χ3n) is 1.65. The fourth-order valence-electron chi connectivity index (χ4n) is 1.03.